The number of aliphatic hydroxyl groups is 1. The minimum absolute atomic E-state index is 0. The number of carbonyl (C=O) groups excluding carboxylic acids is 9. The SMILES string of the molecule is C.CCc1c(C(=O)C(N)=O)c2ccccn2c1Cc1ccccc1-c1ccccc1.CCc1c(C(=O)C(N)=O)c2ccccn2c1Cc1ccccc1-c1ccccc1.CCc1c(C(=O)C(N)=O)c2ccccn2c1Cc1ccccc1-c1ccccc1.CCc1c(C(=O)C(N)=O)c2ccccn2c1Cc1ccccc1-c1ccccc1.CO.COC.COC.COC.O=C1CCO1.[OH-]. The van der Waals surface area contributed by atoms with Crippen molar-refractivity contribution in [3.8, 4) is 44.5 Å². The van der Waals surface area contributed by atoms with E-state index < -0.39 is 46.8 Å². The van der Waals surface area contributed by atoms with Gasteiger partial charge in [-0.15, -0.1) is 0 Å². The van der Waals surface area contributed by atoms with E-state index in [4.69, 9.17) is 28.0 Å². The number of nitrogens with zero attached hydrogens (tertiary/aromatic N) is 4. The van der Waals surface area contributed by atoms with Gasteiger partial charge in [-0.05, 0) is 163 Å². The maximum absolute atomic E-state index is 12.6. The molecule has 9 heterocycles. The molecule has 0 radical (unpaired) electrons. The van der Waals surface area contributed by atoms with Gasteiger partial charge in [-0.1, -0.05) is 278 Å². The molecule has 4 amide bonds. The number of pyridine rings is 4. The van der Waals surface area contributed by atoms with Gasteiger partial charge in [-0.3, -0.25) is 43.2 Å². The Bertz CT molecular complexity index is 5850. The molecule has 694 valence electrons. The lowest BCUT2D eigenvalue weighted by molar-refractivity contribution is -0.157. The fraction of sp³-hybridized carbons (Fsp3) is 0.198. The van der Waals surface area contributed by atoms with Crippen molar-refractivity contribution < 1.29 is 72.7 Å². The predicted octanol–water partition coefficient (Wildman–Crippen LogP) is 18.5. The van der Waals surface area contributed by atoms with Crippen LogP contribution in [0.2, 0.25) is 0 Å². The van der Waals surface area contributed by atoms with Crippen molar-refractivity contribution in [3.63, 3.8) is 0 Å². The average molecular weight is 1810 g/mol. The number of hydrogen-bond acceptors (Lipinski definition) is 15. The van der Waals surface area contributed by atoms with E-state index in [9.17, 15) is 43.2 Å². The number of Topliss-reactive ketones (excluding diaryl/α,β-unsaturated/α-hetero) is 4. The smallest absolute Gasteiger partial charge is 0.309 e. The molecule has 0 atom stereocenters. The molecule has 23 nitrogen and oxygen atoms in total. The fourth-order valence-corrected chi connectivity index (χ4v) is 16.3. The van der Waals surface area contributed by atoms with Crippen LogP contribution in [0, 0.1) is 0 Å². The summed E-state index contributed by atoms with van der Waals surface area (Å²) in [5.74, 6) is -6.29. The first-order valence-corrected chi connectivity index (χ1v) is 43.2. The molecule has 8 aromatic heterocycles. The maximum Gasteiger partial charge on any atom is 0.309 e. The maximum atomic E-state index is 12.6. The van der Waals surface area contributed by atoms with E-state index in [1.54, 1.807) is 42.7 Å². The van der Waals surface area contributed by atoms with Crippen molar-refractivity contribution in [3.05, 3.63) is 406 Å². The predicted molar refractivity (Wildman–Crippen MR) is 531 cm³/mol. The standard InChI is InChI=1S/4C25H22N2O2.C3H4O2.3C2H6O.CH4O.CH4.H2O/c4*1-2-19-22(27-15-9-8-14-21(27)23(19)24(28)25(26)29)16-18-12-6-7-13-20(18)17-10-4-3-5-11-17;4-3-1-2-5-3;3*1-3-2;1-2;;/h4*3-15H,2,16H2,1H3,(H2,26,29);1-2H2;3*1-2H3;2H,1H3;1H4;1H2/p-1. The number of cyclic esters (lactones) is 1. The summed E-state index contributed by atoms with van der Waals surface area (Å²) in [5.41, 5.74) is 47.4. The van der Waals surface area contributed by atoms with Gasteiger partial charge in [-0.2, -0.15) is 0 Å². The first-order chi connectivity index (χ1) is 64.1. The van der Waals surface area contributed by atoms with Crippen LogP contribution in [0.25, 0.3) is 66.6 Å². The number of ether oxygens (including phenoxy) is 4. The second-order valence-electron chi connectivity index (χ2n) is 30.2. The third-order valence-electron chi connectivity index (χ3n) is 21.9. The number of aliphatic hydroxyl groups excluding tert-OH is 1. The van der Waals surface area contributed by atoms with Gasteiger partial charge >= 0.3 is 5.97 Å². The summed E-state index contributed by atoms with van der Waals surface area (Å²) in [4.78, 5) is 107. The van der Waals surface area contributed by atoms with E-state index in [0.717, 1.165) is 141 Å². The third kappa shape index (κ3) is 25.6. The van der Waals surface area contributed by atoms with Crippen LogP contribution >= 0.6 is 0 Å². The minimum atomic E-state index is -0.924. The van der Waals surface area contributed by atoms with Crippen LogP contribution in [0.5, 0.6) is 0 Å². The molecule has 1 fully saturated rings. The Morgan fingerprint density at radius 3 is 0.619 bits per heavy atom. The monoisotopic (exact) mass is 1800 g/mol. The number of fused-ring (bicyclic) bond motifs is 4. The van der Waals surface area contributed by atoms with Crippen molar-refractivity contribution >= 4 is 74.8 Å². The lowest BCUT2D eigenvalue weighted by Crippen LogP contribution is -2.23. The van der Waals surface area contributed by atoms with Crippen LogP contribution < -0.4 is 22.9 Å². The largest absolute Gasteiger partial charge is 0.870 e. The topological polar surface area (TPSA) is 363 Å². The number of ketones is 4. The highest BCUT2D eigenvalue weighted by Gasteiger charge is 2.31. The van der Waals surface area contributed by atoms with Crippen LogP contribution in [0.15, 0.2) is 316 Å². The second-order valence-corrected chi connectivity index (χ2v) is 30.2. The number of aromatic nitrogens is 4. The van der Waals surface area contributed by atoms with E-state index >= 15 is 0 Å². The van der Waals surface area contributed by atoms with Crippen molar-refractivity contribution in [1.82, 2.24) is 17.6 Å². The van der Waals surface area contributed by atoms with Crippen LogP contribution in [-0.2, 0) is 94.3 Å². The molecule has 134 heavy (non-hydrogen) atoms. The Labute approximate surface area is 782 Å². The first kappa shape index (κ1) is 106. The lowest BCUT2D eigenvalue weighted by Gasteiger charge is -2.12. The highest BCUT2D eigenvalue weighted by atomic mass is 16.6. The van der Waals surface area contributed by atoms with Crippen LogP contribution in [0.3, 0.4) is 0 Å². The van der Waals surface area contributed by atoms with Gasteiger partial charge < -0.3 is 70.1 Å². The van der Waals surface area contributed by atoms with Crippen molar-refractivity contribution in [1.29, 1.82) is 0 Å². The Balaban J connectivity index is 0.000000229. The second kappa shape index (κ2) is 53.1. The summed E-state index contributed by atoms with van der Waals surface area (Å²) in [5, 5.41) is 7.00. The summed E-state index contributed by atoms with van der Waals surface area (Å²) < 4.78 is 25.1. The molecule has 0 unspecified atom stereocenters. The van der Waals surface area contributed by atoms with Crippen molar-refractivity contribution in [2.45, 2.75) is 92.9 Å². The molecule has 0 bridgehead atoms. The van der Waals surface area contributed by atoms with Crippen LogP contribution in [-0.4, -0.2) is 137 Å². The first-order valence-electron chi connectivity index (χ1n) is 43.2. The van der Waals surface area contributed by atoms with Crippen LogP contribution in [0.1, 0.15) is 150 Å². The van der Waals surface area contributed by atoms with Gasteiger partial charge in [0.1, 0.15) is 6.61 Å². The quantitative estimate of drug-likeness (QED) is 0.0213. The van der Waals surface area contributed by atoms with Crippen molar-refractivity contribution in [2.24, 2.45) is 22.9 Å². The minimum Gasteiger partial charge on any atom is -0.870 e. The van der Waals surface area contributed by atoms with Gasteiger partial charge in [0.2, 0.25) is 0 Å². The molecule has 23 heteroatoms. The molecule has 1 aliphatic heterocycles. The molecule has 17 rings (SSSR count). The molecular weight excluding hydrogens is 1690 g/mol. The molecular formula is C111H119N8O15-. The zero-order valence-electron chi connectivity index (χ0n) is 76.9. The summed E-state index contributed by atoms with van der Waals surface area (Å²) in [6.45, 7) is 8.63. The third-order valence-corrected chi connectivity index (χ3v) is 21.9. The number of nitrogens with two attached hydrogens (primary N) is 4. The number of primary amides is 4. The Morgan fingerprint density at radius 2 is 0.463 bits per heavy atom. The highest BCUT2D eigenvalue weighted by molar-refractivity contribution is 6.46. The zero-order valence-corrected chi connectivity index (χ0v) is 76.9. The van der Waals surface area contributed by atoms with E-state index in [1.807, 2.05) is 264 Å². The van der Waals surface area contributed by atoms with E-state index in [0.29, 0.717) is 86.6 Å². The van der Waals surface area contributed by atoms with Gasteiger partial charge in [0.05, 0.1) is 50.7 Å². The van der Waals surface area contributed by atoms with E-state index in [1.165, 1.54) is 0 Å². The summed E-state index contributed by atoms with van der Waals surface area (Å²) in [6, 6.07) is 96.8. The molecule has 10 N–H and O–H groups in total. The van der Waals surface area contributed by atoms with E-state index in [2.05, 4.69) is 116 Å². The molecule has 8 aromatic carbocycles. The Morgan fingerprint density at radius 1 is 0.299 bits per heavy atom. The molecule has 1 aliphatic rings. The molecule has 0 saturated carbocycles. The number of benzene rings is 8. The molecule has 0 spiro atoms. The fourth-order valence-electron chi connectivity index (χ4n) is 16.3. The molecule has 1 saturated heterocycles. The number of methoxy groups -OCH3 is 3. The van der Waals surface area contributed by atoms with Gasteiger partial charge in [0.25, 0.3) is 46.8 Å². The molecule has 0 aliphatic carbocycles. The number of hydrogen-bond donors (Lipinski definition) is 5. The number of amides is 4. The summed E-state index contributed by atoms with van der Waals surface area (Å²) >= 11 is 0. The van der Waals surface area contributed by atoms with Crippen LogP contribution in [0.4, 0.5) is 0 Å². The molecule has 16 aromatic rings. The lowest BCUT2D eigenvalue weighted by atomic mass is 9.94. The van der Waals surface area contributed by atoms with Crippen molar-refractivity contribution in [2.75, 3.05) is 56.4 Å². The highest BCUT2D eigenvalue weighted by Crippen LogP contribution is 2.37. The van der Waals surface area contributed by atoms with Gasteiger partial charge in [0, 0.05) is 123 Å². The average Bonchev–Trinajstić information content (AvgIpc) is 1.62. The normalized spacial score (nSPS) is 10.7. The zero-order chi connectivity index (χ0) is 95.3. The summed E-state index contributed by atoms with van der Waals surface area (Å²) in [7, 11) is 10.8. The van der Waals surface area contributed by atoms with E-state index in [-0.39, 0.29) is 18.9 Å². The van der Waals surface area contributed by atoms with Gasteiger partial charge in [-0.25, -0.2) is 0 Å². The Kier molecular flexibility index (Phi) is 41.9. The number of carbonyl (C=O) groups is 9. The number of esters is 1. The summed E-state index contributed by atoms with van der Waals surface area (Å²) in [6.07, 6.45) is 13.5. The van der Waals surface area contributed by atoms with Gasteiger partial charge in [0.15, 0.2) is 0 Å². The Hall–Kier alpha value is -15.4. The number of rotatable bonds is 24.